The Balaban J connectivity index is 1.98. The predicted molar refractivity (Wildman–Crippen MR) is 103 cm³/mol. The summed E-state index contributed by atoms with van der Waals surface area (Å²) >= 11 is 0. The Morgan fingerprint density at radius 1 is 1.11 bits per heavy atom. The first-order chi connectivity index (χ1) is 13.1. The van der Waals surface area contributed by atoms with E-state index in [1.54, 1.807) is 13.8 Å². The molecule has 2 aromatic rings. The molecule has 0 saturated carbocycles. The van der Waals surface area contributed by atoms with Crippen LogP contribution in [-0.2, 0) is 31.2 Å². The second-order valence-electron chi connectivity index (χ2n) is 6.43. The molecule has 0 aliphatic carbocycles. The number of carbonyl (C=O) groups excluding carboxylic acids is 1. The Kier molecular flexibility index (Phi) is 5.22. The van der Waals surface area contributed by atoms with Gasteiger partial charge in [-0.1, -0.05) is 0 Å². The Morgan fingerprint density at radius 3 is 2.29 bits per heavy atom. The third kappa shape index (κ3) is 3.62. The summed E-state index contributed by atoms with van der Waals surface area (Å²) in [5.74, 6) is -0.526. The number of primary sulfonamides is 1. The first-order valence-electron chi connectivity index (χ1n) is 8.53. The van der Waals surface area contributed by atoms with Gasteiger partial charge in [0.2, 0.25) is 10.0 Å². The van der Waals surface area contributed by atoms with Crippen molar-refractivity contribution < 1.29 is 26.4 Å². The molecule has 1 unspecified atom stereocenters. The van der Waals surface area contributed by atoms with Crippen LogP contribution in [0.25, 0.3) is 0 Å². The van der Waals surface area contributed by atoms with Gasteiger partial charge in [0.25, 0.3) is 10.0 Å². The monoisotopic (exact) mass is 424 g/mol. The average molecular weight is 425 g/mol. The second kappa shape index (κ2) is 7.19. The fourth-order valence-corrected chi connectivity index (χ4v) is 5.47. The quantitative estimate of drug-likeness (QED) is 0.728. The Bertz CT molecular complexity index is 1130. The minimum absolute atomic E-state index is 0.0239. The highest BCUT2D eigenvalue weighted by atomic mass is 32.2. The molecule has 1 aliphatic heterocycles. The fraction of sp³-hybridized carbons (Fsp3) is 0.278. The van der Waals surface area contributed by atoms with Crippen LogP contribution in [0.2, 0.25) is 0 Å². The maximum absolute atomic E-state index is 13.2. The molecule has 0 amide bonds. The lowest BCUT2D eigenvalue weighted by atomic mass is 10.1. The molecule has 10 heteroatoms. The Morgan fingerprint density at radius 2 is 1.71 bits per heavy atom. The lowest BCUT2D eigenvalue weighted by molar-refractivity contribution is 0.0526. The topological polar surface area (TPSA) is 124 Å². The minimum atomic E-state index is -3.90. The van der Waals surface area contributed by atoms with E-state index in [-0.39, 0.29) is 22.0 Å². The molecule has 0 fully saturated rings. The smallest absolute Gasteiger partial charge is 0.338 e. The molecular formula is C18H20N2O6S2. The van der Waals surface area contributed by atoms with Crippen molar-refractivity contribution in [1.29, 1.82) is 0 Å². The van der Waals surface area contributed by atoms with Gasteiger partial charge in [0.1, 0.15) is 0 Å². The van der Waals surface area contributed by atoms with Crippen LogP contribution in [0.5, 0.6) is 0 Å². The van der Waals surface area contributed by atoms with E-state index in [0.717, 1.165) is 0 Å². The van der Waals surface area contributed by atoms with Gasteiger partial charge >= 0.3 is 5.97 Å². The van der Waals surface area contributed by atoms with Crippen LogP contribution in [0.4, 0.5) is 5.69 Å². The lowest BCUT2D eigenvalue weighted by Crippen LogP contribution is -2.35. The zero-order chi connectivity index (χ0) is 20.7. The lowest BCUT2D eigenvalue weighted by Gasteiger charge is -2.24. The SMILES string of the molecule is CCOC(=O)c1ccc(S(=O)(=O)N2c3ccc(S(N)(=O)=O)cc3CC2C)cc1. The minimum Gasteiger partial charge on any atom is -0.462 e. The third-order valence-electron chi connectivity index (χ3n) is 4.45. The van der Waals surface area contributed by atoms with Crippen molar-refractivity contribution in [3.8, 4) is 0 Å². The number of nitrogens with two attached hydrogens (primary N) is 1. The van der Waals surface area contributed by atoms with Crippen LogP contribution >= 0.6 is 0 Å². The molecule has 8 nitrogen and oxygen atoms in total. The Hall–Kier alpha value is -2.43. The van der Waals surface area contributed by atoms with Crippen LogP contribution in [0.1, 0.15) is 29.8 Å². The van der Waals surface area contributed by atoms with E-state index < -0.39 is 32.1 Å². The largest absolute Gasteiger partial charge is 0.462 e. The molecule has 0 spiro atoms. The molecular weight excluding hydrogens is 404 g/mol. The summed E-state index contributed by atoms with van der Waals surface area (Å²) < 4.78 is 55.6. The summed E-state index contributed by atoms with van der Waals surface area (Å²) in [5.41, 5.74) is 1.26. The summed E-state index contributed by atoms with van der Waals surface area (Å²) in [6, 6.07) is 9.24. The molecule has 0 saturated heterocycles. The number of hydrogen-bond donors (Lipinski definition) is 1. The van der Waals surface area contributed by atoms with Crippen molar-refractivity contribution in [2.45, 2.75) is 36.1 Å². The second-order valence-corrected chi connectivity index (χ2v) is 9.81. The molecule has 1 atom stereocenters. The number of nitrogens with zero attached hydrogens (tertiary/aromatic N) is 1. The average Bonchev–Trinajstić information content (AvgIpc) is 2.96. The molecule has 3 rings (SSSR count). The van der Waals surface area contributed by atoms with Gasteiger partial charge in [0.15, 0.2) is 0 Å². The maximum atomic E-state index is 13.2. The van der Waals surface area contributed by atoms with E-state index in [1.807, 2.05) is 0 Å². The third-order valence-corrected chi connectivity index (χ3v) is 7.31. The van der Waals surface area contributed by atoms with Crippen LogP contribution in [0, 0.1) is 0 Å². The standard InChI is InChI=1S/C18H20N2O6S2/c1-3-26-18(21)13-4-6-15(7-5-13)28(24,25)20-12(2)10-14-11-16(27(19,22)23)8-9-17(14)20/h4-9,11-12H,3,10H2,1-2H3,(H2,19,22,23). The number of rotatable bonds is 5. The maximum Gasteiger partial charge on any atom is 0.338 e. The molecule has 2 N–H and O–H groups in total. The highest BCUT2D eigenvalue weighted by Gasteiger charge is 2.36. The van der Waals surface area contributed by atoms with Gasteiger partial charge in [-0.15, -0.1) is 0 Å². The van der Waals surface area contributed by atoms with E-state index in [0.29, 0.717) is 17.7 Å². The number of ether oxygens (including phenoxy) is 1. The summed E-state index contributed by atoms with van der Waals surface area (Å²) in [6.07, 6.45) is 0.360. The molecule has 1 aliphatic rings. The summed E-state index contributed by atoms with van der Waals surface area (Å²) in [7, 11) is -7.78. The van der Waals surface area contributed by atoms with Crippen LogP contribution in [-0.4, -0.2) is 35.5 Å². The van der Waals surface area contributed by atoms with Gasteiger partial charge in [-0.3, -0.25) is 4.31 Å². The molecule has 28 heavy (non-hydrogen) atoms. The van der Waals surface area contributed by atoms with Gasteiger partial charge in [-0.25, -0.2) is 26.8 Å². The number of sulfonamides is 2. The predicted octanol–water partition coefficient (Wildman–Crippen LogP) is 1.65. The van der Waals surface area contributed by atoms with Crippen molar-refractivity contribution in [3.05, 3.63) is 53.6 Å². The molecule has 0 bridgehead atoms. The van der Waals surface area contributed by atoms with Crippen molar-refractivity contribution in [3.63, 3.8) is 0 Å². The molecule has 150 valence electrons. The van der Waals surface area contributed by atoms with E-state index in [4.69, 9.17) is 9.88 Å². The summed E-state index contributed by atoms with van der Waals surface area (Å²) in [6.45, 7) is 3.65. The van der Waals surface area contributed by atoms with E-state index in [2.05, 4.69) is 0 Å². The first-order valence-corrected chi connectivity index (χ1v) is 11.5. The number of carbonyl (C=O) groups is 1. The summed E-state index contributed by atoms with van der Waals surface area (Å²) in [5, 5.41) is 5.16. The normalized spacial score (nSPS) is 16.7. The van der Waals surface area contributed by atoms with E-state index in [1.165, 1.54) is 46.8 Å². The van der Waals surface area contributed by atoms with E-state index in [9.17, 15) is 21.6 Å². The zero-order valence-electron chi connectivity index (χ0n) is 15.3. The molecule has 2 aromatic carbocycles. The van der Waals surface area contributed by atoms with Crippen molar-refractivity contribution in [2.75, 3.05) is 10.9 Å². The number of esters is 1. The summed E-state index contributed by atoms with van der Waals surface area (Å²) in [4.78, 5) is 11.7. The Labute approximate surface area is 164 Å². The first kappa shape index (κ1) is 20.3. The highest BCUT2D eigenvalue weighted by molar-refractivity contribution is 7.93. The van der Waals surface area contributed by atoms with Crippen LogP contribution in [0.3, 0.4) is 0 Å². The molecule has 0 radical (unpaired) electrons. The van der Waals surface area contributed by atoms with Gasteiger partial charge in [0.05, 0.1) is 27.6 Å². The zero-order valence-corrected chi connectivity index (χ0v) is 17.0. The van der Waals surface area contributed by atoms with Crippen molar-refractivity contribution >= 4 is 31.7 Å². The number of benzene rings is 2. The fourth-order valence-electron chi connectivity index (χ4n) is 3.21. The van der Waals surface area contributed by atoms with Gasteiger partial charge in [-0.05, 0) is 68.3 Å². The molecule has 1 heterocycles. The van der Waals surface area contributed by atoms with Crippen molar-refractivity contribution in [2.24, 2.45) is 5.14 Å². The van der Waals surface area contributed by atoms with Gasteiger partial charge in [0, 0.05) is 6.04 Å². The number of hydrogen-bond acceptors (Lipinski definition) is 6. The number of anilines is 1. The van der Waals surface area contributed by atoms with Crippen LogP contribution < -0.4 is 9.44 Å². The van der Waals surface area contributed by atoms with Crippen molar-refractivity contribution in [1.82, 2.24) is 0 Å². The highest BCUT2D eigenvalue weighted by Crippen LogP contribution is 2.37. The molecule has 0 aromatic heterocycles. The number of fused-ring (bicyclic) bond motifs is 1. The van der Waals surface area contributed by atoms with Crippen LogP contribution in [0.15, 0.2) is 52.3 Å². The van der Waals surface area contributed by atoms with E-state index >= 15 is 0 Å². The van der Waals surface area contributed by atoms with Gasteiger partial charge < -0.3 is 4.74 Å². The van der Waals surface area contributed by atoms with Gasteiger partial charge in [-0.2, -0.15) is 0 Å².